The number of fused-ring (bicyclic) bond motifs is 3. The smallest absolute Gasteiger partial charge is 0.340 e. The SMILES string of the molecule is CCOC(=O)c1c(CN(C)C)n(C)c2cc(-c3cccnc3)c3c(c12)C[N-]C(c1cccnc1)O3. The molecule has 0 saturated carbocycles. The molecule has 0 aliphatic carbocycles. The maximum Gasteiger partial charge on any atom is 0.340 e. The normalized spacial score (nSPS) is 15.2. The van der Waals surface area contributed by atoms with E-state index in [9.17, 15) is 4.79 Å². The van der Waals surface area contributed by atoms with Crippen molar-refractivity contribution in [1.82, 2.24) is 19.4 Å². The summed E-state index contributed by atoms with van der Waals surface area (Å²) in [7, 11) is 5.96. The molecule has 1 aliphatic heterocycles. The van der Waals surface area contributed by atoms with Gasteiger partial charge >= 0.3 is 5.97 Å². The molecule has 8 heteroatoms. The summed E-state index contributed by atoms with van der Waals surface area (Å²) < 4.78 is 14.1. The highest BCUT2D eigenvalue weighted by atomic mass is 16.5. The van der Waals surface area contributed by atoms with Gasteiger partial charge in [0.25, 0.3) is 0 Å². The van der Waals surface area contributed by atoms with Gasteiger partial charge < -0.3 is 24.3 Å². The molecule has 0 bridgehead atoms. The lowest BCUT2D eigenvalue weighted by Crippen LogP contribution is -2.18. The molecule has 0 spiro atoms. The number of benzene rings is 1. The quantitative estimate of drug-likeness (QED) is 0.375. The van der Waals surface area contributed by atoms with Gasteiger partial charge in [0, 0.05) is 72.3 Å². The Morgan fingerprint density at radius 3 is 2.66 bits per heavy atom. The Hall–Kier alpha value is -3.75. The van der Waals surface area contributed by atoms with Gasteiger partial charge in [-0.1, -0.05) is 12.1 Å². The number of ether oxygens (including phenoxy) is 2. The molecule has 4 aromatic rings. The van der Waals surface area contributed by atoms with Gasteiger partial charge in [0.15, 0.2) is 0 Å². The standard InChI is InChI=1S/C27H28N5O3/c1-5-34-27(33)24-22(16-31(2)3)32(4)21-12-19(17-8-6-10-28-13-17)25-20(23(21)24)15-30-26(35-25)18-9-7-11-29-14-18/h6-14,26H,5,15-16H2,1-4H3/q-1. The first-order valence-corrected chi connectivity index (χ1v) is 11.6. The Labute approximate surface area is 204 Å². The topological polar surface area (TPSA) is 83.6 Å². The van der Waals surface area contributed by atoms with Crippen molar-refractivity contribution in [3.8, 4) is 16.9 Å². The minimum absolute atomic E-state index is 0.302. The van der Waals surface area contributed by atoms with Crippen LogP contribution in [0.3, 0.4) is 0 Å². The summed E-state index contributed by atoms with van der Waals surface area (Å²) in [5.74, 6) is 0.377. The molecule has 1 atom stereocenters. The molecule has 5 rings (SSSR count). The summed E-state index contributed by atoms with van der Waals surface area (Å²) in [6, 6.07) is 9.83. The molecule has 1 aliphatic rings. The predicted octanol–water partition coefficient (Wildman–Crippen LogP) is 4.84. The fourth-order valence-corrected chi connectivity index (χ4v) is 4.65. The number of esters is 1. The number of hydrogen-bond acceptors (Lipinski definition) is 6. The van der Waals surface area contributed by atoms with Crippen LogP contribution in [0.4, 0.5) is 0 Å². The molecule has 8 nitrogen and oxygen atoms in total. The molecule has 0 N–H and O–H groups in total. The Morgan fingerprint density at radius 2 is 2.00 bits per heavy atom. The summed E-state index contributed by atoms with van der Waals surface area (Å²) in [6.07, 6.45) is 6.58. The van der Waals surface area contributed by atoms with Crippen molar-refractivity contribution in [2.24, 2.45) is 7.05 Å². The summed E-state index contributed by atoms with van der Waals surface area (Å²) in [5.41, 5.74) is 6.00. The van der Waals surface area contributed by atoms with Crippen LogP contribution in [0.15, 0.2) is 55.1 Å². The van der Waals surface area contributed by atoms with Gasteiger partial charge in [-0.25, -0.2) is 4.79 Å². The highest BCUT2D eigenvalue weighted by Crippen LogP contribution is 2.48. The molecule has 0 amide bonds. The first-order valence-electron chi connectivity index (χ1n) is 11.6. The molecular weight excluding hydrogens is 442 g/mol. The molecule has 3 aromatic heterocycles. The first-order chi connectivity index (χ1) is 17.0. The Kier molecular flexibility index (Phi) is 6.23. The van der Waals surface area contributed by atoms with Gasteiger partial charge in [-0.15, -0.1) is 6.54 Å². The first kappa shape index (κ1) is 23.0. The van der Waals surface area contributed by atoms with Gasteiger partial charge in [0.2, 0.25) is 0 Å². The molecule has 35 heavy (non-hydrogen) atoms. The van der Waals surface area contributed by atoms with E-state index in [1.165, 1.54) is 0 Å². The molecule has 0 fully saturated rings. The van der Waals surface area contributed by atoms with E-state index in [2.05, 4.69) is 20.6 Å². The lowest BCUT2D eigenvalue weighted by atomic mass is 9.95. The molecule has 4 heterocycles. The Morgan fingerprint density at radius 1 is 1.23 bits per heavy atom. The fraction of sp³-hybridized carbons (Fsp3) is 0.296. The zero-order valence-corrected chi connectivity index (χ0v) is 20.4. The number of carbonyl (C=O) groups excluding carboxylic acids is 1. The number of aromatic nitrogens is 3. The number of pyridine rings is 2. The van der Waals surface area contributed by atoms with Gasteiger partial charge in [-0.3, -0.25) is 9.97 Å². The average Bonchev–Trinajstić information content (AvgIpc) is 3.15. The van der Waals surface area contributed by atoms with E-state index in [1.807, 2.05) is 63.4 Å². The van der Waals surface area contributed by atoms with Crippen LogP contribution in [-0.2, 0) is 24.9 Å². The van der Waals surface area contributed by atoms with E-state index in [-0.39, 0.29) is 5.97 Å². The summed E-state index contributed by atoms with van der Waals surface area (Å²) in [4.78, 5) is 23.9. The molecule has 180 valence electrons. The third-order valence-corrected chi connectivity index (χ3v) is 6.19. The van der Waals surface area contributed by atoms with Gasteiger partial charge in [0.1, 0.15) is 5.75 Å². The Bertz CT molecular complexity index is 1370. The summed E-state index contributed by atoms with van der Waals surface area (Å²) in [5, 5.41) is 5.65. The number of hydrogen-bond donors (Lipinski definition) is 0. The van der Waals surface area contributed by atoms with E-state index in [4.69, 9.17) is 14.8 Å². The maximum absolute atomic E-state index is 13.3. The van der Waals surface area contributed by atoms with Crippen LogP contribution in [-0.4, -0.2) is 46.1 Å². The van der Waals surface area contributed by atoms with Crippen LogP contribution >= 0.6 is 0 Å². The van der Waals surface area contributed by atoms with Crippen LogP contribution in [0.5, 0.6) is 5.75 Å². The van der Waals surface area contributed by atoms with Gasteiger partial charge in [-0.2, -0.15) is 0 Å². The van der Waals surface area contributed by atoms with Crippen molar-refractivity contribution >= 4 is 16.9 Å². The molecule has 0 saturated heterocycles. The highest BCUT2D eigenvalue weighted by molar-refractivity contribution is 6.09. The molecule has 1 unspecified atom stereocenters. The van der Waals surface area contributed by atoms with Crippen LogP contribution in [0, 0.1) is 0 Å². The van der Waals surface area contributed by atoms with Crippen molar-refractivity contribution in [2.75, 3.05) is 20.7 Å². The van der Waals surface area contributed by atoms with Gasteiger partial charge in [-0.05, 0) is 50.3 Å². The van der Waals surface area contributed by atoms with E-state index < -0.39 is 6.23 Å². The number of nitrogens with zero attached hydrogens (tertiary/aromatic N) is 5. The van der Waals surface area contributed by atoms with Gasteiger partial charge in [0.05, 0.1) is 12.2 Å². The lowest BCUT2D eigenvalue weighted by molar-refractivity contribution is 0.0526. The lowest BCUT2D eigenvalue weighted by Gasteiger charge is -2.40. The van der Waals surface area contributed by atoms with Crippen LogP contribution < -0.4 is 4.74 Å². The molecule has 1 aromatic carbocycles. The second kappa shape index (κ2) is 9.48. The largest absolute Gasteiger partial charge is 0.618 e. The third-order valence-electron chi connectivity index (χ3n) is 6.19. The predicted molar refractivity (Wildman–Crippen MR) is 134 cm³/mol. The van der Waals surface area contributed by atoms with Crippen molar-refractivity contribution in [3.63, 3.8) is 0 Å². The van der Waals surface area contributed by atoms with Crippen molar-refractivity contribution < 1.29 is 14.3 Å². The monoisotopic (exact) mass is 470 g/mol. The molecular formula is C27H28N5O3-. The maximum atomic E-state index is 13.3. The fourth-order valence-electron chi connectivity index (χ4n) is 4.65. The van der Waals surface area contributed by atoms with E-state index in [0.29, 0.717) is 31.0 Å². The minimum Gasteiger partial charge on any atom is -0.618 e. The zero-order valence-electron chi connectivity index (χ0n) is 20.4. The number of aryl methyl sites for hydroxylation is 1. The summed E-state index contributed by atoms with van der Waals surface area (Å²) in [6.45, 7) is 3.11. The van der Waals surface area contributed by atoms with Crippen LogP contribution in [0.25, 0.3) is 27.3 Å². The number of carbonyl (C=O) groups is 1. The van der Waals surface area contributed by atoms with E-state index >= 15 is 0 Å². The second-order valence-corrected chi connectivity index (χ2v) is 8.80. The second-order valence-electron chi connectivity index (χ2n) is 8.80. The van der Waals surface area contributed by atoms with Crippen molar-refractivity contribution in [1.29, 1.82) is 0 Å². The zero-order chi connectivity index (χ0) is 24.5. The third kappa shape index (κ3) is 4.15. The minimum atomic E-state index is -0.486. The van der Waals surface area contributed by atoms with Crippen molar-refractivity contribution in [2.45, 2.75) is 26.2 Å². The average molecular weight is 471 g/mol. The van der Waals surface area contributed by atoms with E-state index in [1.54, 1.807) is 18.6 Å². The van der Waals surface area contributed by atoms with Crippen molar-refractivity contribution in [3.05, 3.63) is 82.8 Å². The number of rotatable bonds is 6. The van der Waals surface area contributed by atoms with Crippen LogP contribution in [0.1, 0.15) is 40.3 Å². The molecule has 0 radical (unpaired) electrons. The highest BCUT2D eigenvalue weighted by Gasteiger charge is 2.29. The summed E-state index contributed by atoms with van der Waals surface area (Å²) >= 11 is 0. The van der Waals surface area contributed by atoms with E-state index in [0.717, 1.165) is 38.9 Å². The van der Waals surface area contributed by atoms with Crippen LogP contribution in [0.2, 0.25) is 0 Å². The Balaban J connectivity index is 1.79.